The molecule has 3 heteroatoms. The van der Waals surface area contributed by atoms with Gasteiger partial charge in [0, 0.05) is 6.04 Å². The van der Waals surface area contributed by atoms with Crippen LogP contribution in [0.4, 0.5) is 0 Å². The zero-order valence-corrected chi connectivity index (χ0v) is 11.2. The summed E-state index contributed by atoms with van der Waals surface area (Å²) < 4.78 is 0. The lowest BCUT2D eigenvalue weighted by atomic mass is 9.77. The highest BCUT2D eigenvalue weighted by Crippen LogP contribution is 2.30. The van der Waals surface area contributed by atoms with Gasteiger partial charge in [0.15, 0.2) is 0 Å². The summed E-state index contributed by atoms with van der Waals surface area (Å²) in [5.74, 6) is 0.224. The van der Waals surface area contributed by atoms with Gasteiger partial charge in [-0.2, -0.15) is 0 Å². The standard InChI is InChI=1S/C14H26N2O/c1-14(2)9-6-10-15-12(14)13(17)16-11-7-4-3-5-8-11/h11-12,15H,3-10H2,1-2H3,(H,16,17). The highest BCUT2D eigenvalue weighted by atomic mass is 16.2. The number of rotatable bonds is 2. The fraction of sp³-hybridized carbons (Fsp3) is 0.929. The molecule has 0 aromatic rings. The van der Waals surface area contributed by atoms with Gasteiger partial charge in [0.05, 0.1) is 6.04 Å². The van der Waals surface area contributed by atoms with E-state index in [2.05, 4.69) is 24.5 Å². The van der Waals surface area contributed by atoms with Gasteiger partial charge in [-0.3, -0.25) is 4.79 Å². The van der Waals surface area contributed by atoms with Crippen LogP contribution in [0.2, 0.25) is 0 Å². The summed E-state index contributed by atoms with van der Waals surface area (Å²) in [4.78, 5) is 12.3. The van der Waals surface area contributed by atoms with Gasteiger partial charge >= 0.3 is 0 Å². The van der Waals surface area contributed by atoms with Gasteiger partial charge in [0.2, 0.25) is 5.91 Å². The summed E-state index contributed by atoms with van der Waals surface area (Å²) in [6, 6.07) is 0.425. The maximum absolute atomic E-state index is 12.3. The summed E-state index contributed by atoms with van der Waals surface area (Å²) in [5, 5.41) is 6.63. The Hall–Kier alpha value is -0.570. The number of nitrogens with one attached hydrogen (secondary N) is 2. The van der Waals surface area contributed by atoms with Gasteiger partial charge in [-0.05, 0) is 37.6 Å². The lowest BCUT2D eigenvalue weighted by Gasteiger charge is -2.39. The monoisotopic (exact) mass is 238 g/mol. The van der Waals surface area contributed by atoms with Gasteiger partial charge in [0.25, 0.3) is 0 Å². The maximum Gasteiger partial charge on any atom is 0.237 e. The molecule has 0 radical (unpaired) electrons. The highest BCUT2D eigenvalue weighted by molar-refractivity contribution is 5.83. The Morgan fingerprint density at radius 1 is 1.18 bits per heavy atom. The predicted molar refractivity (Wildman–Crippen MR) is 69.8 cm³/mol. The number of carbonyl (C=O) groups is 1. The summed E-state index contributed by atoms with van der Waals surface area (Å²) in [5.41, 5.74) is 0.0942. The predicted octanol–water partition coefficient (Wildman–Crippen LogP) is 2.21. The normalized spacial score (nSPS) is 29.9. The Morgan fingerprint density at radius 3 is 2.53 bits per heavy atom. The van der Waals surface area contributed by atoms with E-state index >= 15 is 0 Å². The summed E-state index contributed by atoms with van der Waals surface area (Å²) in [6.07, 6.45) is 8.53. The average molecular weight is 238 g/mol. The SMILES string of the molecule is CC1(C)CCCNC1C(=O)NC1CCCCC1. The topological polar surface area (TPSA) is 41.1 Å². The molecule has 2 N–H and O–H groups in total. The third kappa shape index (κ3) is 3.21. The molecule has 3 nitrogen and oxygen atoms in total. The van der Waals surface area contributed by atoms with E-state index in [0.717, 1.165) is 13.0 Å². The quantitative estimate of drug-likeness (QED) is 0.774. The fourth-order valence-corrected chi connectivity index (χ4v) is 3.19. The number of hydrogen-bond acceptors (Lipinski definition) is 2. The van der Waals surface area contributed by atoms with Crippen molar-refractivity contribution in [2.24, 2.45) is 5.41 Å². The Balaban J connectivity index is 1.89. The second kappa shape index (κ2) is 5.38. The highest BCUT2D eigenvalue weighted by Gasteiger charge is 2.37. The molecule has 0 aromatic carbocycles. The van der Waals surface area contributed by atoms with E-state index in [1.807, 2.05) is 0 Å². The maximum atomic E-state index is 12.3. The molecule has 1 atom stereocenters. The summed E-state index contributed by atoms with van der Waals surface area (Å²) in [7, 11) is 0. The molecule has 98 valence electrons. The third-order valence-corrected chi connectivity index (χ3v) is 4.34. The molecule has 1 saturated carbocycles. The molecule has 0 aromatic heterocycles. The Kier molecular flexibility index (Phi) is 4.08. The van der Waals surface area contributed by atoms with Crippen LogP contribution in [0.1, 0.15) is 58.8 Å². The van der Waals surface area contributed by atoms with E-state index in [4.69, 9.17) is 0 Å². The van der Waals surface area contributed by atoms with Crippen LogP contribution >= 0.6 is 0 Å². The lowest BCUT2D eigenvalue weighted by molar-refractivity contribution is -0.127. The molecular weight excluding hydrogens is 212 g/mol. The molecule has 2 fully saturated rings. The summed E-state index contributed by atoms with van der Waals surface area (Å²) in [6.45, 7) is 5.38. The van der Waals surface area contributed by atoms with Gasteiger partial charge in [-0.15, -0.1) is 0 Å². The number of piperidine rings is 1. The van der Waals surface area contributed by atoms with Crippen LogP contribution < -0.4 is 10.6 Å². The summed E-state index contributed by atoms with van der Waals surface area (Å²) >= 11 is 0. The second-order valence-corrected chi connectivity index (χ2v) is 6.32. The molecular formula is C14H26N2O. The molecule has 1 saturated heterocycles. The molecule has 2 aliphatic rings. The van der Waals surface area contributed by atoms with Crippen molar-refractivity contribution < 1.29 is 4.79 Å². The van der Waals surface area contributed by atoms with E-state index < -0.39 is 0 Å². The zero-order chi connectivity index (χ0) is 12.3. The minimum atomic E-state index is -0.00169. The Morgan fingerprint density at radius 2 is 1.88 bits per heavy atom. The van der Waals surface area contributed by atoms with Crippen molar-refractivity contribution in [3.05, 3.63) is 0 Å². The van der Waals surface area contributed by atoms with E-state index in [1.54, 1.807) is 0 Å². The molecule has 0 spiro atoms. The van der Waals surface area contributed by atoms with Crippen molar-refractivity contribution in [2.75, 3.05) is 6.54 Å². The number of amides is 1. The largest absolute Gasteiger partial charge is 0.352 e. The molecule has 2 rings (SSSR count). The molecule has 1 amide bonds. The van der Waals surface area contributed by atoms with Crippen LogP contribution in [-0.4, -0.2) is 24.5 Å². The molecule has 17 heavy (non-hydrogen) atoms. The Labute approximate surface area is 105 Å². The fourth-order valence-electron chi connectivity index (χ4n) is 3.19. The van der Waals surface area contributed by atoms with Crippen LogP contribution in [0, 0.1) is 5.41 Å². The number of carbonyl (C=O) groups excluding carboxylic acids is 1. The van der Waals surface area contributed by atoms with E-state index in [1.165, 1.54) is 38.5 Å². The van der Waals surface area contributed by atoms with E-state index in [9.17, 15) is 4.79 Å². The minimum Gasteiger partial charge on any atom is -0.352 e. The molecule has 1 aliphatic carbocycles. The molecule has 0 bridgehead atoms. The van der Waals surface area contributed by atoms with E-state index in [0.29, 0.717) is 6.04 Å². The van der Waals surface area contributed by atoms with Crippen molar-refractivity contribution in [1.82, 2.24) is 10.6 Å². The van der Waals surface area contributed by atoms with Gasteiger partial charge < -0.3 is 10.6 Å². The van der Waals surface area contributed by atoms with Gasteiger partial charge in [-0.1, -0.05) is 33.1 Å². The number of hydrogen-bond donors (Lipinski definition) is 2. The van der Waals surface area contributed by atoms with Crippen LogP contribution in [0.5, 0.6) is 0 Å². The van der Waals surface area contributed by atoms with Crippen molar-refractivity contribution in [3.63, 3.8) is 0 Å². The van der Waals surface area contributed by atoms with E-state index in [-0.39, 0.29) is 17.4 Å². The van der Waals surface area contributed by atoms with Crippen LogP contribution in [0.15, 0.2) is 0 Å². The van der Waals surface area contributed by atoms with Gasteiger partial charge in [0.1, 0.15) is 0 Å². The smallest absolute Gasteiger partial charge is 0.237 e. The van der Waals surface area contributed by atoms with Crippen molar-refractivity contribution in [1.29, 1.82) is 0 Å². The minimum absolute atomic E-state index is 0.00169. The lowest BCUT2D eigenvalue weighted by Crippen LogP contribution is -2.57. The first kappa shape index (κ1) is 12.9. The second-order valence-electron chi connectivity index (χ2n) is 6.32. The first-order chi connectivity index (χ1) is 8.09. The first-order valence-corrected chi connectivity index (χ1v) is 7.13. The van der Waals surface area contributed by atoms with Crippen LogP contribution in [0.25, 0.3) is 0 Å². The van der Waals surface area contributed by atoms with Crippen molar-refractivity contribution in [2.45, 2.75) is 70.9 Å². The van der Waals surface area contributed by atoms with Crippen LogP contribution in [0.3, 0.4) is 0 Å². The van der Waals surface area contributed by atoms with Crippen molar-refractivity contribution >= 4 is 5.91 Å². The Bertz CT molecular complexity index is 269. The van der Waals surface area contributed by atoms with Gasteiger partial charge in [-0.25, -0.2) is 0 Å². The average Bonchev–Trinajstić information content (AvgIpc) is 2.29. The molecule has 1 unspecified atom stereocenters. The molecule has 1 aliphatic heterocycles. The van der Waals surface area contributed by atoms with Crippen molar-refractivity contribution in [3.8, 4) is 0 Å². The first-order valence-electron chi connectivity index (χ1n) is 7.13. The van der Waals surface area contributed by atoms with Crippen LogP contribution in [-0.2, 0) is 4.79 Å². The third-order valence-electron chi connectivity index (χ3n) is 4.34. The zero-order valence-electron chi connectivity index (χ0n) is 11.2. The molecule has 1 heterocycles.